The van der Waals surface area contributed by atoms with Gasteiger partial charge in [0.1, 0.15) is 6.10 Å². The Labute approximate surface area is 98.6 Å². The summed E-state index contributed by atoms with van der Waals surface area (Å²) in [4.78, 5) is 0. The van der Waals surface area contributed by atoms with Crippen molar-refractivity contribution in [3.8, 4) is 0 Å². The molecule has 4 atom stereocenters. The molecule has 1 nitrogen and oxygen atoms in total. The number of hydrogen-bond acceptors (Lipinski definition) is 1. The molecule has 1 saturated heterocycles. The van der Waals surface area contributed by atoms with E-state index in [0.29, 0.717) is 18.1 Å². The van der Waals surface area contributed by atoms with Crippen LogP contribution < -0.4 is 0 Å². The summed E-state index contributed by atoms with van der Waals surface area (Å²) in [5, 5.41) is 0. The number of epoxide rings is 1. The van der Waals surface area contributed by atoms with Crippen LogP contribution in [-0.2, 0) is 4.74 Å². The number of ether oxygens (including phenoxy) is 1. The third-order valence-electron chi connectivity index (χ3n) is 4.77. The summed E-state index contributed by atoms with van der Waals surface area (Å²) in [5.41, 5.74) is 6.62. The lowest BCUT2D eigenvalue weighted by atomic mass is 9.93. The molecule has 0 aromatic heterocycles. The highest BCUT2D eigenvalue weighted by atomic mass is 16.6. The summed E-state index contributed by atoms with van der Waals surface area (Å²) in [5.74, 6) is 1.42. The molecule has 3 rings (SSSR count). The van der Waals surface area contributed by atoms with Gasteiger partial charge < -0.3 is 4.74 Å². The van der Waals surface area contributed by atoms with E-state index < -0.39 is 0 Å². The van der Waals surface area contributed by atoms with Gasteiger partial charge in [0.2, 0.25) is 0 Å². The molecule has 0 aromatic carbocycles. The highest BCUT2D eigenvalue weighted by Crippen LogP contribution is 2.53. The van der Waals surface area contributed by atoms with Gasteiger partial charge in [0, 0.05) is 5.92 Å². The van der Waals surface area contributed by atoms with Crippen LogP contribution in [0.5, 0.6) is 0 Å². The Morgan fingerprint density at radius 2 is 2.00 bits per heavy atom. The average Bonchev–Trinajstić information content (AvgIpc) is 2.96. The molecule has 0 N–H and O–H groups in total. The van der Waals surface area contributed by atoms with Gasteiger partial charge >= 0.3 is 0 Å². The first kappa shape index (κ1) is 10.6. The van der Waals surface area contributed by atoms with Crippen LogP contribution in [0.25, 0.3) is 0 Å². The first-order valence-electron chi connectivity index (χ1n) is 6.63. The van der Waals surface area contributed by atoms with Gasteiger partial charge in [-0.05, 0) is 44.6 Å². The molecule has 0 radical (unpaired) electrons. The normalized spacial score (nSPS) is 41.6. The zero-order valence-electron chi connectivity index (χ0n) is 10.8. The molecule has 16 heavy (non-hydrogen) atoms. The highest BCUT2D eigenvalue weighted by molar-refractivity contribution is 5.41. The Kier molecular flexibility index (Phi) is 2.29. The molecule has 1 heteroatoms. The summed E-state index contributed by atoms with van der Waals surface area (Å²) in [6.07, 6.45) is 4.90. The molecule has 0 spiro atoms. The average molecular weight is 218 g/mol. The standard InChI is InChI=1S/C15H22O/c1-8(2)11-6-5-9(3)13-12(7-11)10(4)14-15(13)16-14/h9-10,14-15H,5-7H2,1-4H3. The van der Waals surface area contributed by atoms with E-state index in [0.717, 1.165) is 5.92 Å². The number of rotatable bonds is 0. The fourth-order valence-electron chi connectivity index (χ4n) is 3.55. The number of allylic oxidation sites excluding steroid dienone is 2. The molecule has 1 aliphatic heterocycles. The number of hydrogen-bond donors (Lipinski definition) is 0. The van der Waals surface area contributed by atoms with Crippen LogP contribution in [0.2, 0.25) is 0 Å². The summed E-state index contributed by atoms with van der Waals surface area (Å²) in [6.45, 7) is 9.28. The molecule has 1 fully saturated rings. The van der Waals surface area contributed by atoms with Gasteiger partial charge in [-0.1, -0.05) is 30.6 Å². The largest absolute Gasteiger partial charge is 0.364 e. The minimum absolute atomic E-state index is 0.511. The molecule has 3 aliphatic rings. The summed E-state index contributed by atoms with van der Waals surface area (Å²) in [6, 6.07) is 0. The van der Waals surface area contributed by atoms with Crippen LogP contribution in [0.3, 0.4) is 0 Å². The predicted octanol–water partition coefficient (Wildman–Crippen LogP) is 3.86. The molecular formula is C15H22O. The van der Waals surface area contributed by atoms with Crippen LogP contribution in [0.4, 0.5) is 0 Å². The van der Waals surface area contributed by atoms with Crippen molar-refractivity contribution in [3.05, 3.63) is 22.3 Å². The molecule has 0 amide bonds. The van der Waals surface area contributed by atoms with E-state index in [9.17, 15) is 0 Å². The summed E-state index contributed by atoms with van der Waals surface area (Å²) in [7, 11) is 0. The minimum Gasteiger partial charge on any atom is -0.364 e. The summed E-state index contributed by atoms with van der Waals surface area (Å²) >= 11 is 0. The van der Waals surface area contributed by atoms with Crippen LogP contribution in [0, 0.1) is 11.8 Å². The molecule has 4 unspecified atom stereocenters. The van der Waals surface area contributed by atoms with E-state index in [1.165, 1.54) is 24.8 Å². The lowest BCUT2D eigenvalue weighted by Gasteiger charge is -2.15. The van der Waals surface area contributed by atoms with Crippen molar-refractivity contribution in [1.29, 1.82) is 0 Å². The maximum atomic E-state index is 5.78. The Bertz CT molecular complexity index is 384. The molecule has 0 bridgehead atoms. The Morgan fingerprint density at radius 1 is 1.25 bits per heavy atom. The van der Waals surface area contributed by atoms with E-state index >= 15 is 0 Å². The molecule has 0 aromatic rings. The first-order valence-corrected chi connectivity index (χ1v) is 6.63. The second-order valence-electron chi connectivity index (χ2n) is 6.01. The summed E-state index contributed by atoms with van der Waals surface area (Å²) < 4.78 is 5.78. The maximum Gasteiger partial charge on any atom is 0.106 e. The van der Waals surface area contributed by atoms with Gasteiger partial charge in [0.05, 0.1) is 6.10 Å². The monoisotopic (exact) mass is 218 g/mol. The van der Waals surface area contributed by atoms with E-state index in [1.54, 1.807) is 16.7 Å². The molecule has 0 saturated carbocycles. The Morgan fingerprint density at radius 3 is 2.69 bits per heavy atom. The lowest BCUT2D eigenvalue weighted by molar-refractivity contribution is 0.325. The lowest BCUT2D eigenvalue weighted by Crippen LogP contribution is -2.05. The fourth-order valence-corrected chi connectivity index (χ4v) is 3.55. The van der Waals surface area contributed by atoms with Crippen LogP contribution in [0.1, 0.15) is 47.0 Å². The SMILES string of the molecule is CC(C)=C1CCC(C)C2=C(C1)C(C)C1OC21. The van der Waals surface area contributed by atoms with Crippen molar-refractivity contribution < 1.29 is 4.74 Å². The quantitative estimate of drug-likeness (QED) is 0.444. The Balaban J connectivity index is 1.99. The van der Waals surface area contributed by atoms with Crippen molar-refractivity contribution in [2.24, 2.45) is 11.8 Å². The van der Waals surface area contributed by atoms with Crippen molar-refractivity contribution in [3.63, 3.8) is 0 Å². The Hall–Kier alpha value is -0.560. The zero-order chi connectivity index (χ0) is 11.4. The minimum atomic E-state index is 0.511. The molecule has 88 valence electrons. The van der Waals surface area contributed by atoms with Crippen molar-refractivity contribution in [2.45, 2.75) is 59.2 Å². The fraction of sp³-hybridized carbons (Fsp3) is 0.733. The maximum absolute atomic E-state index is 5.78. The smallest absolute Gasteiger partial charge is 0.106 e. The van der Waals surface area contributed by atoms with Gasteiger partial charge in [-0.2, -0.15) is 0 Å². The van der Waals surface area contributed by atoms with E-state index in [1.807, 2.05) is 0 Å². The molecule has 2 aliphatic carbocycles. The van der Waals surface area contributed by atoms with E-state index in [-0.39, 0.29) is 0 Å². The van der Waals surface area contributed by atoms with Crippen LogP contribution in [-0.4, -0.2) is 12.2 Å². The van der Waals surface area contributed by atoms with Crippen molar-refractivity contribution >= 4 is 0 Å². The third kappa shape index (κ3) is 1.41. The van der Waals surface area contributed by atoms with Crippen LogP contribution in [0.15, 0.2) is 22.3 Å². The van der Waals surface area contributed by atoms with Gasteiger partial charge in [-0.15, -0.1) is 0 Å². The second-order valence-corrected chi connectivity index (χ2v) is 6.01. The van der Waals surface area contributed by atoms with E-state index in [2.05, 4.69) is 27.7 Å². The van der Waals surface area contributed by atoms with Crippen LogP contribution >= 0.6 is 0 Å². The number of fused-ring (bicyclic) bond motifs is 2. The first-order chi connectivity index (χ1) is 7.59. The molecular weight excluding hydrogens is 196 g/mol. The predicted molar refractivity (Wildman–Crippen MR) is 66.2 cm³/mol. The highest BCUT2D eigenvalue weighted by Gasteiger charge is 2.54. The second kappa shape index (κ2) is 3.46. The third-order valence-corrected chi connectivity index (χ3v) is 4.77. The van der Waals surface area contributed by atoms with Crippen molar-refractivity contribution in [1.82, 2.24) is 0 Å². The topological polar surface area (TPSA) is 12.5 Å². The zero-order valence-corrected chi connectivity index (χ0v) is 10.8. The van der Waals surface area contributed by atoms with E-state index in [4.69, 9.17) is 4.74 Å². The van der Waals surface area contributed by atoms with Gasteiger partial charge in [0.15, 0.2) is 0 Å². The van der Waals surface area contributed by atoms with Gasteiger partial charge in [-0.25, -0.2) is 0 Å². The van der Waals surface area contributed by atoms with Crippen molar-refractivity contribution in [2.75, 3.05) is 0 Å². The van der Waals surface area contributed by atoms with Gasteiger partial charge in [0.25, 0.3) is 0 Å². The molecule has 1 heterocycles. The van der Waals surface area contributed by atoms with Gasteiger partial charge in [-0.3, -0.25) is 0 Å².